The Bertz CT molecular complexity index is 160. The van der Waals surface area contributed by atoms with Gasteiger partial charge in [-0.15, -0.1) is 0 Å². The number of rotatable bonds is 0. The van der Waals surface area contributed by atoms with Crippen LogP contribution in [0.25, 0.3) is 0 Å². The van der Waals surface area contributed by atoms with Crippen molar-refractivity contribution in [2.75, 3.05) is 19.8 Å². The van der Waals surface area contributed by atoms with Crippen molar-refractivity contribution in [3.8, 4) is 0 Å². The lowest BCUT2D eigenvalue weighted by Gasteiger charge is -2.28. The van der Waals surface area contributed by atoms with E-state index in [0.29, 0.717) is 13.0 Å². The Labute approximate surface area is 63.9 Å². The molecule has 0 saturated carbocycles. The Hall–Kier alpha value is -0.220. The molecule has 0 aromatic carbocycles. The van der Waals surface area contributed by atoms with Crippen molar-refractivity contribution in [1.29, 1.82) is 0 Å². The van der Waals surface area contributed by atoms with Gasteiger partial charge in [0, 0.05) is 0 Å². The fourth-order valence-corrected chi connectivity index (χ4v) is 1.84. The van der Waals surface area contributed by atoms with Gasteiger partial charge in [0.15, 0.2) is 0 Å². The molecule has 0 aliphatic carbocycles. The van der Waals surface area contributed by atoms with Crippen LogP contribution in [-0.4, -0.2) is 31.2 Å². The number of nitrogens with one attached hydrogen (secondary N) is 1. The molecular weight excluding hydrogens is 152 g/mol. The quantitative estimate of drug-likeness (QED) is 0.569. The van der Waals surface area contributed by atoms with Gasteiger partial charge >= 0.3 is 0 Å². The van der Waals surface area contributed by atoms with Crippen LogP contribution in [0.2, 0.25) is 0 Å². The van der Waals surface area contributed by atoms with Crippen molar-refractivity contribution in [2.24, 2.45) is 0 Å². The van der Waals surface area contributed by atoms with E-state index < -0.39 is 18.1 Å². The highest BCUT2D eigenvalue weighted by Crippen LogP contribution is 2.40. The first-order valence-corrected chi connectivity index (χ1v) is 3.87. The number of hydrogen-bond acceptors (Lipinski definition) is 2. The van der Waals surface area contributed by atoms with E-state index in [0.717, 1.165) is 6.42 Å². The molecule has 2 aliphatic rings. The number of ether oxygens (including phenoxy) is 1. The van der Waals surface area contributed by atoms with Crippen LogP contribution in [0.3, 0.4) is 0 Å². The molecule has 2 rings (SSSR count). The van der Waals surface area contributed by atoms with Gasteiger partial charge in [-0.25, -0.2) is 8.78 Å². The van der Waals surface area contributed by atoms with E-state index >= 15 is 0 Å². The third kappa shape index (κ3) is 0.891. The Morgan fingerprint density at radius 2 is 2.09 bits per heavy atom. The molecule has 4 heteroatoms. The van der Waals surface area contributed by atoms with Gasteiger partial charge < -0.3 is 10.1 Å². The average Bonchev–Trinajstić information content (AvgIpc) is 2.45. The number of halogens is 2. The summed E-state index contributed by atoms with van der Waals surface area (Å²) in [5.74, 6) is -2.66. The second-order valence-electron chi connectivity index (χ2n) is 3.31. The molecule has 2 heterocycles. The molecule has 1 unspecified atom stereocenters. The molecule has 0 aromatic rings. The van der Waals surface area contributed by atoms with Crippen molar-refractivity contribution in [2.45, 2.75) is 24.3 Å². The van der Waals surface area contributed by atoms with Crippen molar-refractivity contribution < 1.29 is 13.5 Å². The van der Waals surface area contributed by atoms with Crippen LogP contribution >= 0.6 is 0 Å². The molecule has 1 atom stereocenters. The van der Waals surface area contributed by atoms with Gasteiger partial charge in [0.2, 0.25) is 0 Å². The van der Waals surface area contributed by atoms with E-state index in [1.54, 1.807) is 0 Å². The molecule has 11 heavy (non-hydrogen) atoms. The SMILES string of the molecule is FC1(F)COCC12CCCN2. The van der Waals surface area contributed by atoms with Gasteiger partial charge in [-0.2, -0.15) is 0 Å². The summed E-state index contributed by atoms with van der Waals surface area (Å²) in [5, 5.41) is 2.85. The van der Waals surface area contributed by atoms with Crippen LogP contribution in [0.15, 0.2) is 0 Å². The third-order valence-corrected chi connectivity index (χ3v) is 2.58. The van der Waals surface area contributed by atoms with E-state index in [1.807, 2.05) is 0 Å². The van der Waals surface area contributed by atoms with Gasteiger partial charge in [-0.3, -0.25) is 0 Å². The van der Waals surface area contributed by atoms with Crippen LogP contribution in [0.1, 0.15) is 12.8 Å². The highest BCUT2D eigenvalue weighted by molar-refractivity contribution is 5.07. The van der Waals surface area contributed by atoms with Gasteiger partial charge in [-0.05, 0) is 19.4 Å². The lowest BCUT2D eigenvalue weighted by Crippen LogP contribution is -2.54. The standard InChI is InChI=1S/C7H11F2NO/c8-7(9)5-11-4-6(7)2-1-3-10-6/h10H,1-5H2. The lowest BCUT2D eigenvalue weighted by atomic mass is 9.93. The topological polar surface area (TPSA) is 21.3 Å². The first-order valence-electron chi connectivity index (χ1n) is 3.87. The van der Waals surface area contributed by atoms with E-state index in [2.05, 4.69) is 5.32 Å². The first-order chi connectivity index (χ1) is 5.16. The van der Waals surface area contributed by atoms with Crippen LogP contribution in [0.5, 0.6) is 0 Å². The van der Waals surface area contributed by atoms with Crippen molar-refractivity contribution in [3.05, 3.63) is 0 Å². The summed E-state index contributed by atoms with van der Waals surface area (Å²) in [6.45, 7) is 0.443. The summed E-state index contributed by atoms with van der Waals surface area (Å²) in [6.07, 6.45) is 1.37. The molecule has 64 valence electrons. The molecule has 0 aromatic heterocycles. The summed E-state index contributed by atoms with van der Waals surface area (Å²) >= 11 is 0. The second kappa shape index (κ2) is 2.14. The van der Waals surface area contributed by atoms with Crippen LogP contribution in [0.4, 0.5) is 8.78 Å². The van der Waals surface area contributed by atoms with Gasteiger partial charge in [0.05, 0.1) is 6.61 Å². The van der Waals surface area contributed by atoms with Gasteiger partial charge in [0.1, 0.15) is 12.1 Å². The average molecular weight is 163 g/mol. The third-order valence-electron chi connectivity index (χ3n) is 2.58. The summed E-state index contributed by atoms with van der Waals surface area (Å²) in [5.41, 5.74) is -1.02. The highest BCUT2D eigenvalue weighted by Gasteiger charge is 2.59. The normalized spacial score (nSPS) is 42.0. The highest BCUT2D eigenvalue weighted by atomic mass is 19.3. The Morgan fingerprint density at radius 1 is 1.27 bits per heavy atom. The van der Waals surface area contributed by atoms with E-state index in [1.165, 1.54) is 0 Å². The Kier molecular flexibility index (Phi) is 1.44. The zero-order valence-corrected chi connectivity index (χ0v) is 6.20. The fraction of sp³-hybridized carbons (Fsp3) is 1.00. The van der Waals surface area contributed by atoms with E-state index in [4.69, 9.17) is 4.74 Å². The predicted octanol–water partition coefficient (Wildman–Crippen LogP) is 0.774. The monoisotopic (exact) mass is 163 g/mol. The molecule has 2 fully saturated rings. The minimum absolute atomic E-state index is 0.167. The van der Waals surface area contributed by atoms with Crippen LogP contribution in [0, 0.1) is 0 Å². The number of alkyl halides is 2. The molecule has 1 N–H and O–H groups in total. The minimum atomic E-state index is -2.66. The molecule has 0 bridgehead atoms. The van der Waals surface area contributed by atoms with E-state index in [9.17, 15) is 8.78 Å². The predicted molar refractivity (Wildman–Crippen MR) is 35.7 cm³/mol. The van der Waals surface area contributed by atoms with Crippen molar-refractivity contribution in [3.63, 3.8) is 0 Å². The minimum Gasteiger partial charge on any atom is -0.373 e. The molecule has 1 spiro atoms. The maximum Gasteiger partial charge on any atom is 0.290 e. The van der Waals surface area contributed by atoms with Crippen LogP contribution < -0.4 is 5.32 Å². The largest absolute Gasteiger partial charge is 0.373 e. The molecule has 2 saturated heterocycles. The molecule has 0 amide bonds. The lowest BCUT2D eigenvalue weighted by molar-refractivity contribution is -0.0549. The molecular formula is C7H11F2NO. The maximum absolute atomic E-state index is 13.1. The van der Waals surface area contributed by atoms with Gasteiger partial charge in [-0.1, -0.05) is 0 Å². The second-order valence-corrected chi connectivity index (χ2v) is 3.31. The maximum atomic E-state index is 13.1. The summed E-state index contributed by atoms with van der Waals surface area (Å²) in [6, 6.07) is 0. The molecule has 2 nitrogen and oxygen atoms in total. The summed E-state index contributed by atoms with van der Waals surface area (Å²) < 4.78 is 31.0. The van der Waals surface area contributed by atoms with Crippen molar-refractivity contribution in [1.82, 2.24) is 5.32 Å². The van der Waals surface area contributed by atoms with Gasteiger partial charge in [0.25, 0.3) is 5.92 Å². The first kappa shape index (κ1) is 7.43. The zero-order valence-electron chi connectivity index (χ0n) is 6.20. The van der Waals surface area contributed by atoms with Crippen LogP contribution in [-0.2, 0) is 4.74 Å². The summed E-state index contributed by atoms with van der Waals surface area (Å²) in [7, 11) is 0. The smallest absolute Gasteiger partial charge is 0.290 e. The fourth-order valence-electron chi connectivity index (χ4n) is 1.84. The Balaban J connectivity index is 2.22. The Morgan fingerprint density at radius 3 is 2.55 bits per heavy atom. The zero-order chi connectivity index (χ0) is 7.95. The summed E-state index contributed by atoms with van der Waals surface area (Å²) in [4.78, 5) is 0. The number of hydrogen-bond donors (Lipinski definition) is 1. The van der Waals surface area contributed by atoms with E-state index in [-0.39, 0.29) is 6.61 Å². The molecule has 2 aliphatic heterocycles. The molecule has 0 radical (unpaired) electrons. The van der Waals surface area contributed by atoms with Crippen molar-refractivity contribution >= 4 is 0 Å².